The number of rotatable bonds is 7. The molecule has 1 amide bonds. The van der Waals surface area contributed by atoms with Crippen molar-refractivity contribution in [3.8, 4) is 5.75 Å². The Morgan fingerprint density at radius 2 is 1.88 bits per heavy atom. The van der Waals surface area contributed by atoms with Gasteiger partial charge in [-0.3, -0.25) is 19.5 Å². The number of amides is 1. The molecule has 0 saturated carbocycles. The van der Waals surface area contributed by atoms with Gasteiger partial charge in [-0.25, -0.2) is 0 Å². The first-order chi connectivity index (χ1) is 15.1. The monoisotopic (exact) mass is 459 g/mol. The molecule has 172 valence electrons. The third kappa shape index (κ3) is 7.02. The summed E-state index contributed by atoms with van der Waals surface area (Å²) in [4.78, 5) is 31.3. The molecule has 1 fully saturated rings. The first-order valence-corrected chi connectivity index (χ1v) is 11.1. The molecule has 0 bridgehead atoms. The van der Waals surface area contributed by atoms with Crippen LogP contribution in [0.3, 0.4) is 0 Å². The lowest BCUT2D eigenvalue weighted by Crippen LogP contribution is -2.40. The number of morpholine rings is 1. The Morgan fingerprint density at radius 3 is 2.56 bits per heavy atom. The molecule has 0 atom stereocenters. The van der Waals surface area contributed by atoms with Crippen LogP contribution in [0.2, 0.25) is 5.02 Å². The Bertz CT molecular complexity index is 982. The number of halogens is 1. The lowest BCUT2D eigenvalue weighted by Gasteiger charge is -2.27. The molecule has 1 saturated heterocycles. The molecule has 1 aromatic heterocycles. The van der Waals surface area contributed by atoms with Gasteiger partial charge in [-0.1, -0.05) is 11.6 Å². The number of phenolic OH excluding ortho intramolecular Hbond substituents is 1. The summed E-state index contributed by atoms with van der Waals surface area (Å²) in [5.74, 6) is -0.316. The number of aromatic hydroxyl groups is 1. The highest BCUT2D eigenvalue weighted by molar-refractivity contribution is 6.31. The van der Waals surface area contributed by atoms with E-state index < -0.39 is 0 Å². The van der Waals surface area contributed by atoms with Crippen LogP contribution in [0.4, 0.5) is 0 Å². The van der Waals surface area contributed by atoms with Gasteiger partial charge < -0.3 is 15.2 Å². The molecule has 0 unspecified atom stereocenters. The number of nitrogens with one attached hydrogen (secondary N) is 1. The van der Waals surface area contributed by atoms with Crippen LogP contribution in [0.1, 0.15) is 48.0 Å². The Kier molecular flexibility index (Phi) is 7.87. The number of hydrogen-bond donors (Lipinski definition) is 2. The number of phenols is 1. The third-order valence-electron chi connectivity index (χ3n) is 5.08. The molecule has 2 aromatic rings. The van der Waals surface area contributed by atoms with E-state index >= 15 is 0 Å². The second kappa shape index (κ2) is 10.4. The van der Waals surface area contributed by atoms with Gasteiger partial charge >= 0.3 is 0 Å². The predicted molar refractivity (Wildman–Crippen MR) is 123 cm³/mol. The molecule has 3 rings (SSSR count). The molecule has 1 aliphatic heterocycles. The second-order valence-corrected chi connectivity index (χ2v) is 9.51. The van der Waals surface area contributed by atoms with E-state index in [1.165, 1.54) is 6.20 Å². The fraction of sp³-hybridized carbons (Fsp3) is 0.458. The van der Waals surface area contributed by atoms with Gasteiger partial charge in [0.1, 0.15) is 17.2 Å². The fourth-order valence-corrected chi connectivity index (χ4v) is 3.77. The van der Waals surface area contributed by atoms with Crippen molar-refractivity contribution in [1.29, 1.82) is 0 Å². The van der Waals surface area contributed by atoms with Gasteiger partial charge in [-0.2, -0.15) is 0 Å². The Balaban J connectivity index is 1.64. The van der Waals surface area contributed by atoms with Gasteiger partial charge in [-0.05, 0) is 56.2 Å². The van der Waals surface area contributed by atoms with E-state index in [2.05, 4.69) is 15.2 Å². The Labute approximate surface area is 193 Å². The molecule has 7 nitrogen and oxygen atoms in total. The van der Waals surface area contributed by atoms with Gasteiger partial charge in [0.2, 0.25) is 0 Å². The van der Waals surface area contributed by atoms with Crippen molar-refractivity contribution in [2.45, 2.75) is 45.7 Å². The standard InChI is InChI=1S/C24H30ClN3O4/c1-24(2,3)27-23(31)21-11-16(4-5-26-21)10-19(29)12-17-13-20(25)18(14-22(17)30)15-28-6-8-32-9-7-28/h4-5,11,13-14,30H,6-10,12,15H2,1-3H3,(H,27,31). The van der Waals surface area contributed by atoms with E-state index in [1.54, 1.807) is 24.3 Å². The van der Waals surface area contributed by atoms with Crippen LogP contribution < -0.4 is 5.32 Å². The zero-order chi connectivity index (χ0) is 23.3. The normalized spacial score (nSPS) is 14.9. The number of hydrogen-bond acceptors (Lipinski definition) is 6. The maximum Gasteiger partial charge on any atom is 0.270 e. The minimum absolute atomic E-state index is 0.0508. The topological polar surface area (TPSA) is 91.8 Å². The molecule has 1 aliphatic rings. The maximum absolute atomic E-state index is 12.7. The van der Waals surface area contributed by atoms with Crippen molar-refractivity contribution in [1.82, 2.24) is 15.2 Å². The van der Waals surface area contributed by atoms with Crippen molar-refractivity contribution < 1.29 is 19.4 Å². The van der Waals surface area contributed by atoms with Crippen LogP contribution >= 0.6 is 11.6 Å². The van der Waals surface area contributed by atoms with Crippen molar-refractivity contribution in [2.75, 3.05) is 26.3 Å². The van der Waals surface area contributed by atoms with E-state index in [0.717, 1.165) is 18.7 Å². The summed E-state index contributed by atoms with van der Waals surface area (Å²) in [5.41, 5.74) is 1.90. The molecular weight excluding hydrogens is 430 g/mol. The molecule has 0 aliphatic carbocycles. The van der Waals surface area contributed by atoms with Crippen LogP contribution in [0.5, 0.6) is 5.75 Å². The SMILES string of the molecule is CC(C)(C)NC(=O)c1cc(CC(=O)Cc2cc(Cl)c(CN3CCOCC3)cc2O)ccn1. The van der Waals surface area contributed by atoms with Crippen LogP contribution in [0, 0.1) is 0 Å². The van der Waals surface area contributed by atoms with Crippen LogP contribution in [-0.4, -0.2) is 58.5 Å². The third-order valence-corrected chi connectivity index (χ3v) is 5.43. The molecular formula is C24H30ClN3O4. The van der Waals surface area contributed by atoms with E-state index in [1.807, 2.05) is 20.8 Å². The second-order valence-electron chi connectivity index (χ2n) is 9.11. The number of aromatic nitrogens is 1. The zero-order valence-electron chi connectivity index (χ0n) is 18.8. The minimum Gasteiger partial charge on any atom is -0.508 e. The number of nitrogens with zero attached hydrogens (tertiary/aromatic N) is 2. The van der Waals surface area contributed by atoms with E-state index in [4.69, 9.17) is 16.3 Å². The van der Waals surface area contributed by atoms with Gasteiger partial charge in [0, 0.05) is 54.8 Å². The highest BCUT2D eigenvalue weighted by Crippen LogP contribution is 2.28. The Morgan fingerprint density at radius 1 is 1.16 bits per heavy atom. The molecule has 8 heteroatoms. The smallest absolute Gasteiger partial charge is 0.270 e. The molecule has 1 aromatic carbocycles. The van der Waals surface area contributed by atoms with E-state index in [9.17, 15) is 14.7 Å². The number of carbonyl (C=O) groups is 2. The first kappa shape index (κ1) is 24.2. The van der Waals surface area contributed by atoms with Crippen LogP contribution in [0.15, 0.2) is 30.5 Å². The lowest BCUT2D eigenvalue weighted by molar-refractivity contribution is -0.117. The summed E-state index contributed by atoms with van der Waals surface area (Å²) in [6.07, 6.45) is 1.70. The summed E-state index contributed by atoms with van der Waals surface area (Å²) >= 11 is 6.44. The average molecular weight is 460 g/mol. The molecule has 0 radical (unpaired) electrons. The molecule has 0 spiro atoms. The van der Waals surface area contributed by atoms with Crippen molar-refractivity contribution in [3.63, 3.8) is 0 Å². The van der Waals surface area contributed by atoms with Crippen molar-refractivity contribution in [3.05, 3.63) is 57.9 Å². The average Bonchev–Trinajstić information content (AvgIpc) is 2.71. The number of ketones is 1. The van der Waals surface area contributed by atoms with Gasteiger partial charge in [0.05, 0.1) is 13.2 Å². The summed E-state index contributed by atoms with van der Waals surface area (Å²) in [7, 11) is 0. The van der Waals surface area contributed by atoms with E-state index in [-0.39, 0.29) is 41.5 Å². The van der Waals surface area contributed by atoms with Gasteiger partial charge in [-0.15, -0.1) is 0 Å². The van der Waals surface area contributed by atoms with Crippen LogP contribution in [0.25, 0.3) is 0 Å². The zero-order valence-corrected chi connectivity index (χ0v) is 19.5. The maximum atomic E-state index is 12.7. The number of benzene rings is 1. The highest BCUT2D eigenvalue weighted by Gasteiger charge is 2.18. The van der Waals surface area contributed by atoms with E-state index in [0.29, 0.717) is 35.9 Å². The fourth-order valence-electron chi connectivity index (χ4n) is 3.52. The highest BCUT2D eigenvalue weighted by atomic mass is 35.5. The van der Waals surface area contributed by atoms with Gasteiger partial charge in [0.15, 0.2) is 0 Å². The summed E-state index contributed by atoms with van der Waals surface area (Å²) in [6, 6.07) is 6.64. The quantitative estimate of drug-likeness (QED) is 0.660. The largest absolute Gasteiger partial charge is 0.508 e. The summed E-state index contributed by atoms with van der Waals surface area (Å²) in [5, 5.41) is 13.9. The molecule has 2 heterocycles. The summed E-state index contributed by atoms with van der Waals surface area (Å²) < 4.78 is 5.36. The first-order valence-electron chi connectivity index (χ1n) is 10.7. The number of ether oxygens (including phenoxy) is 1. The molecule has 2 N–H and O–H groups in total. The van der Waals surface area contributed by atoms with Gasteiger partial charge in [0.25, 0.3) is 5.91 Å². The Hall–Kier alpha value is -2.48. The van der Waals surface area contributed by atoms with Crippen LogP contribution in [-0.2, 0) is 28.9 Å². The summed E-state index contributed by atoms with van der Waals surface area (Å²) in [6.45, 7) is 9.31. The minimum atomic E-state index is -0.380. The van der Waals surface area contributed by atoms with Crippen molar-refractivity contribution >= 4 is 23.3 Å². The number of Topliss-reactive ketones (excluding diaryl/α,β-unsaturated/α-hetero) is 1. The number of pyridine rings is 1. The number of carbonyl (C=O) groups excluding carboxylic acids is 2. The molecule has 32 heavy (non-hydrogen) atoms. The lowest BCUT2D eigenvalue weighted by atomic mass is 10.0. The van der Waals surface area contributed by atoms with Crippen molar-refractivity contribution in [2.24, 2.45) is 0 Å². The predicted octanol–water partition coefficient (Wildman–Crippen LogP) is 3.16.